The molecule has 3 atom stereocenters. The molecule has 4 heteroatoms. The number of nitrogens with one attached hydrogen (secondary N) is 2. The van der Waals surface area contributed by atoms with Gasteiger partial charge in [0, 0.05) is 11.6 Å². The molecule has 1 aliphatic carbocycles. The summed E-state index contributed by atoms with van der Waals surface area (Å²) in [6.07, 6.45) is 4.75. The molecule has 1 aromatic rings. The molecule has 0 spiro atoms. The average Bonchev–Trinajstić information content (AvgIpc) is 2.44. The predicted molar refractivity (Wildman–Crippen MR) is 81.4 cm³/mol. The summed E-state index contributed by atoms with van der Waals surface area (Å²) in [7, 11) is 1.93. The molecule has 1 aromatic carbocycles. The molecule has 0 radical (unpaired) electrons. The lowest BCUT2D eigenvalue weighted by molar-refractivity contribution is -0.885. The number of quaternary nitrogens is 1. The quantitative estimate of drug-likeness (QED) is 0.848. The Balaban J connectivity index is 1.80. The molecule has 0 saturated heterocycles. The minimum atomic E-state index is -0.196. The number of rotatable bonds is 5. The van der Waals surface area contributed by atoms with Gasteiger partial charge in [0.05, 0.1) is 7.05 Å². The van der Waals surface area contributed by atoms with Crippen LogP contribution in [-0.2, 0) is 11.3 Å². The van der Waals surface area contributed by atoms with E-state index < -0.39 is 0 Å². The molecule has 2 rings (SSSR count). The van der Waals surface area contributed by atoms with Crippen LogP contribution in [0.15, 0.2) is 24.3 Å². The molecule has 116 valence electrons. The highest BCUT2D eigenvalue weighted by molar-refractivity contribution is 5.77. The Kier molecular flexibility index (Phi) is 5.74. The molecule has 0 heterocycles. The van der Waals surface area contributed by atoms with E-state index in [0.29, 0.717) is 30.6 Å². The Morgan fingerprint density at radius 1 is 1.33 bits per heavy atom. The number of carbonyl (C=O) groups excluding carboxylic acids is 1. The topological polar surface area (TPSA) is 33.5 Å². The number of hydrogen-bond donors (Lipinski definition) is 2. The number of hydrogen-bond acceptors (Lipinski definition) is 1. The highest BCUT2D eigenvalue weighted by Gasteiger charge is 2.23. The van der Waals surface area contributed by atoms with Crippen molar-refractivity contribution in [1.29, 1.82) is 0 Å². The van der Waals surface area contributed by atoms with Crippen LogP contribution in [0.5, 0.6) is 0 Å². The summed E-state index contributed by atoms with van der Waals surface area (Å²) in [5.74, 6) is 0.440. The van der Waals surface area contributed by atoms with Crippen LogP contribution in [0.1, 0.15) is 38.2 Å². The smallest absolute Gasteiger partial charge is 0.275 e. The van der Waals surface area contributed by atoms with Crippen molar-refractivity contribution in [3.63, 3.8) is 0 Å². The second-order valence-corrected chi connectivity index (χ2v) is 6.34. The van der Waals surface area contributed by atoms with Gasteiger partial charge in [-0.05, 0) is 24.8 Å². The lowest BCUT2D eigenvalue weighted by Crippen LogP contribution is -3.09. The van der Waals surface area contributed by atoms with Gasteiger partial charge < -0.3 is 10.2 Å². The van der Waals surface area contributed by atoms with Crippen molar-refractivity contribution in [2.75, 3.05) is 13.6 Å². The van der Waals surface area contributed by atoms with Crippen LogP contribution in [0.4, 0.5) is 4.39 Å². The fourth-order valence-corrected chi connectivity index (χ4v) is 3.09. The third-order valence-corrected chi connectivity index (χ3v) is 4.37. The van der Waals surface area contributed by atoms with Crippen molar-refractivity contribution < 1.29 is 14.1 Å². The Hall–Kier alpha value is -1.42. The molecular weight excluding hydrogens is 267 g/mol. The lowest BCUT2D eigenvalue weighted by atomic mass is 9.86. The molecule has 0 aliphatic heterocycles. The number of likely N-dealkylation sites (N-methyl/N-ethyl adjacent to an activating group) is 1. The maximum atomic E-state index is 13.6. The van der Waals surface area contributed by atoms with Crippen molar-refractivity contribution in [3.8, 4) is 0 Å². The van der Waals surface area contributed by atoms with Crippen molar-refractivity contribution in [2.24, 2.45) is 5.92 Å². The molecule has 3 nitrogen and oxygen atoms in total. The number of amides is 1. The zero-order valence-corrected chi connectivity index (χ0v) is 13.0. The molecule has 21 heavy (non-hydrogen) atoms. The van der Waals surface area contributed by atoms with Gasteiger partial charge in [0.25, 0.3) is 5.91 Å². The summed E-state index contributed by atoms with van der Waals surface area (Å²) in [4.78, 5) is 13.1. The van der Waals surface area contributed by atoms with E-state index in [1.165, 1.54) is 25.3 Å². The van der Waals surface area contributed by atoms with Gasteiger partial charge in [0.15, 0.2) is 6.54 Å². The average molecular weight is 293 g/mol. The molecule has 1 saturated carbocycles. The number of carbonyl (C=O) groups is 1. The van der Waals surface area contributed by atoms with E-state index in [0.717, 1.165) is 11.3 Å². The minimum absolute atomic E-state index is 0.0718. The first kappa shape index (κ1) is 16.0. The van der Waals surface area contributed by atoms with E-state index >= 15 is 0 Å². The number of halogens is 1. The van der Waals surface area contributed by atoms with Crippen LogP contribution in [-0.4, -0.2) is 25.5 Å². The van der Waals surface area contributed by atoms with Gasteiger partial charge in [-0.1, -0.05) is 38.0 Å². The van der Waals surface area contributed by atoms with Crippen molar-refractivity contribution in [1.82, 2.24) is 5.32 Å². The Bertz CT molecular complexity index is 478. The maximum Gasteiger partial charge on any atom is 0.275 e. The standard InChI is InChI=1S/C17H25FN2O/c1-13-7-3-6-10-16(13)19-17(21)12-20(2)11-14-8-4-5-9-15(14)18/h4-5,8-9,13,16H,3,6-7,10-12H2,1-2H3,(H,19,21)/p+1/t13-,16+/m0/s1. The Morgan fingerprint density at radius 2 is 2.05 bits per heavy atom. The molecule has 1 unspecified atom stereocenters. The fraction of sp³-hybridized carbons (Fsp3) is 0.588. The predicted octanol–water partition coefficient (Wildman–Crippen LogP) is 1.54. The highest BCUT2D eigenvalue weighted by atomic mass is 19.1. The van der Waals surface area contributed by atoms with Crippen LogP contribution < -0.4 is 10.2 Å². The second-order valence-electron chi connectivity index (χ2n) is 6.34. The molecular formula is C17H26FN2O+. The molecule has 1 amide bonds. The van der Waals surface area contributed by atoms with Gasteiger partial charge >= 0.3 is 0 Å². The van der Waals surface area contributed by atoms with Crippen LogP contribution in [0, 0.1) is 11.7 Å². The van der Waals surface area contributed by atoms with Gasteiger partial charge in [0.2, 0.25) is 0 Å². The van der Waals surface area contributed by atoms with E-state index in [-0.39, 0.29) is 11.7 Å². The molecule has 1 aliphatic rings. The second kappa shape index (κ2) is 7.55. The molecule has 1 fully saturated rings. The molecule has 0 bridgehead atoms. The summed E-state index contributed by atoms with van der Waals surface area (Å²) < 4.78 is 13.6. The summed E-state index contributed by atoms with van der Waals surface area (Å²) in [6, 6.07) is 7.07. The zero-order valence-electron chi connectivity index (χ0n) is 13.0. The lowest BCUT2D eigenvalue weighted by Gasteiger charge is -2.29. The zero-order chi connectivity index (χ0) is 15.2. The number of benzene rings is 1. The van der Waals surface area contributed by atoms with Gasteiger partial charge in [-0.3, -0.25) is 4.79 Å². The fourth-order valence-electron chi connectivity index (χ4n) is 3.09. The van der Waals surface area contributed by atoms with Crippen LogP contribution in [0.2, 0.25) is 0 Å². The molecule has 0 aromatic heterocycles. The Labute approximate surface area is 126 Å². The summed E-state index contributed by atoms with van der Waals surface area (Å²) in [5.41, 5.74) is 0.661. The summed E-state index contributed by atoms with van der Waals surface area (Å²) >= 11 is 0. The van der Waals surface area contributed by atoms with Crippen molar-refractivity contribution in [3.05, 3.63) is 35.6 Å². The first-order valence-corrected chi connectivity index (χ1v) is 7.90. The highest BCUT2D eigenvalue weighted by Crippen LogP contribution is 2.23. The van der Waals surface area contributed by atoms with E-state index in [9.17, 15) is 9.18 Å². The van der Waals surface area contributed by atoms with Crippen molar-refractivity contribution >= 4 is 5.91 Å². The van der Waals surface area contributed by atoms with Gasteiger partial charge in [-0.2, -0.15) is 0 Å². The van der Waals surface area contributed by atoms with E-state index in [1.807, 2.05) is 13.1 Å². The normalized spacial score (nSPS) is 23.6. The first-order chi connectivity index (χ1) is 10.1. The van der Waals surface area contributed by atoms with Crippen LogP contribution in [0.3, 0.4) is 0 Å². The van der Waals surface area contributed by atoms with Crippen LogP contribution >= 0.6 is 0 Å². The van der Waals surface area contributed by atoms with E-state index in [4.69, 9.17) is 0 Å². The van der Waals surface area contributed by atoms with E-state index in [1.54, 1.807) is 12.1 Å². The summed E-state index contributed by atoms with van der Waals surface area (Å²) in [6.45, 7) is 3.12. The van der Waals surface area contributed by atoms with Gasteiger partial charge in [-0.25, -0.2) is 4.39 Å². The summed E-state index contributed by atoms with van der Waals surface area (Å²) in [5, 5.41) is 3.15. The van der Waals surface area contributed by atoms with Gasteiger partial charge in [0.1, 0.15) is 12.4 Å². The monoisotopic (exact) mass is 293 g/mol. The van der Waals surface area contributed by atoms with E-state index in [2.05, 4.69) is 12.2 Å². The Morgan fingerprint density at radius 3 is 2.76 bits per heavy atom. The van der Waals surface area contributed by atoms with Crippen molar-refractivity contribution in [2.45, 2.75) is 45.2 Å². The SMILES string of the molecule is C[C@H]1CCCC[C@H]1NC(=O)C[NH+](C)Cc1ccccc1F. The third-order valence-electron chi connectivity index (χ3n) is 4.37. The maximum absolute atomic E-state index is 13.6. The largest absolute Gasteiger partial charge is 0.348 e. The first-order valence-electron chi connectivity index (χ1n) is 7.90. The minimum Gasteiger partial charge on any atom is -0.348 e. The van der Waals surface area contributed by atoms with Gasteiger partial charge in [-0.15, -0.1) is 0 Å². The third kappa shape index (κ3) is 4.81. The molecule has 2 N–H and O–H groups in total. The van der Waals surface area contributed by atoms with Crippen LogP contribution in [0.25, 0.3) is 0 Å².